The number of nitrogens with zero attached hydrogens (tertiary/aromatic N) is 2. The Balaban J connectivity index is 1.45. The molecule has 140 valence electrons. The van der Waals surface area contributed by atoms with Gasteiger partial charge in [0.1, 0.15) is 0 Å². The van der Waals surface area contributed by atoms with E-state index in [1.165, 1.54) is 12.4 Å². The number of carbonyl (C=O) groups excluding carboxylic acids is 1. The van der Waals surface area contributed by atoms with Crippen molar-refractivity contribution in [3.8, 4) is 0 Å². The van der Waals surface area contributed by atoms with Gasteiger partial charge < -0.3 is 10.1 Å². The van der Waals surface area contributed by atoms with E-state index in [-0.39, 0.29) is 30.0 Å². The first kappa shape index (κ1) is 17.3. The third kappa shape index (κ3) is 2.65. The smallest absolute Gasteiger partial charge is 0.308 e. The minimum absolute atomic E-state index is 0.0615. The summed E-state index contributed by atoms with van der Waals surface area (Å²) >= 11 is 12.0. The molecule has 3 heterocycles. The molecule has 0 radical (unpaired) electrons. The van der Waals surface area contributed by atoms with E-state index in [1.807, 2.05) is 0 Å². The molecule has 1 amide bonds. The van der Waals surface area contributed by atoms with Crippen molar-refractivity contribution >= 4 is 34.8 Å². The topological polar surface area (TPSA) is 64.1 Å². The number of hydrogen-bond donors (Lipinski definition) is 1. The average Bonchev–Trinajstić information content (AvgIpc) is 3.01. The second-order valence-electron chi connectivity index (χ2n) is 7.53. The standard InChI is InChI=1S/C19H16Cl2FN3O2/c1-7-12-13(7)17-15(18(26)25-9-2-3-10(20)11(21)4-9)14(16(12)27-17)8-5-23-19(22)24-6-8/h2-7,12-17H,1H3,(H,25,26)/t7?,12?,13?,14-,15-,16+,17-/m1/s1. The highest BCUT2D eigenvalue weighted by atomic mass is 35.5. The summed E-state index contributed by atoms with van der Waals surface area (Å²) in [7, 11) is 0. The number of aromatic nitrogens is 2. The van der Waals surface area contributed by atoms with Crippen LogP contribution in [0.4, 0.5) is 10.1 Å². The number of ether oxygens (including phenoxy) is 1. The monoisotopic (exact) mass is 407 g/mol. The van der Waals surface area contributed by atoms with E-state index in [9.17, 15) is 9.18 Å². The molecular weight excluding hydrogens is 392 g/mol. The van der Waals surface area contributed by atoms with Gasteiger partial charge in [-0.3, -0.25) is 4.79 Å². The normalized spacial score (nSPS) is 35.8. The lowest BCUT2D eigenvalue weighted by Gasteiger charge is -2.26. The van der Waals surface area contributed by atoms with Crippen LogP contribution in [0, 0.1) is 29.7 Å². The van der Waals surface area contributed by atoms with Gasteiger partial charge in [-0.15, -0.1) is 0 Å². The predicted molar refractivity (Wildman–Crippen MR) is 98.1 cm³/mol. The first-order chi connectivity index (χ1) is 13.0. The third-order valence-electron chi connectivity index (χ3n) is 6.20. The Labute approximate surface area is 165 Å². The number of nitrogens with one attached hydrogen (secondary N) is 1. The maximum Gasteiger partial charge on any atom is 0.308 e. The predicted octanol–water partition coefficient (Wildman–Crippen LogP) is 3.92. The van der Waals surface area contributed by atoms with E-state index < -0.39 is 6.08 Å². The second kappa shape index (κ2) is 6.12. The molecule has 2 bridgehead atoms. The van der Waals surface area contributed by atoms with Crippen molar-refractivity contribution < 1.29 is 13.9 Å². The maximum atomic E-state index is 13.2. The summed E-state index contributed by atoms with van der Waals surface area (Å²) in [6.07, 6.45) is 1.93. The van der Waals surface area contributed by atoms with E-state index in [0.717, 1.165) is 5.56 Å². The summed E-state index contributed by atoms with van der Waals surface area (Å²) in [4.78, 5) is 20.5. The van der Waals surface area contributed by atoms with Gasteiger partial charge in [0.25, 0.3) is 0 Å². The zero-order valence-electron chi connectivity index (χ0n) is 14.3. The molecule has 1 N–H and O–H groups in total. The van der Waals surface area contributed by atoms with Crippen molar-refractivity contribution in [1.82, 2.24) is 9.97 Å². The number of hydrogen-bond acceptors (Lipinski definition) is 4. The van der Waals surface area contributed by atoms with Gasteiger partial charge in [0.2, 0.25) is 5.91 Å². The Morgan fingerprint density at radius 1 is 1.15 bits per heavy atom. The van der Waals surface area contributed by atoms with Gasteiger partial charge in [0.15, 0.2) is 0 Å². The van der Waals surface area contributed by atoms with Gasteiger partial charge in [-0.25, -0.2) is 9.97 Å². The number of fused-ring (bicyclic) bond motifs is 5. The Morgan fingerprint density at radius 2 is 1.85 bits per heavy atom. The molecule has 7 atom stereocenters. The van der Waals surface area contributed by atoms with E-state index in [2.05, 4.69) is 22.2 Å². The van der Waals surface area contributed by atoms with Crippen LogP contribution in [0.15, 0.2) is 30.6 Å². The molecule has 2 aliphatic heterocycles. The van der Waals surface area contributed by atoms with Crippen LogP contribution in [-0.4, -0.2) is 28.1 Å². The Hall–Kier alpha value is -1.76. The second-order valence-corrected chi connectivity index (χ2v) is 8.35. The van der Waals surface area contributed by atoms with Crippen LogP contribution in [0.5, 0.6) is 0 Å². The van der Waals surface area contributed by atoms with Crippen LogP contribution in [0.3, 0.4) is 0 Å². The maximum absolute atomic E-state index is 13.2. The number of anilines is 1. The third-order valence-corrected chi connectivity index (χ3v) is 6.94. The molecule has 5 rings (SSSR count). The molecule has 3 fully saturated rings. The van der Waals surface area contributed by atoms with Crippen molar-refractivity contribution in [2.24, 2.45) is 23.7 Å². The summed E-state index contributed by atoms with van der Waals surface area (Å²) < 4.78 is 19.3. The number of rotatable bonds is 3. The number of amides is 1. The minimum Gasteiger partial charge on any atom is -0.373 e. The van der Waals surface area contributed by atoms with Crippen LogP contribution >= 0.6 is 23.2 Å². The summed E-state index contributed by atoms with van der Waals surface area (Å²) in [5, 5.41) is 3.72. The fourth-order valence-corrected chi connectivity index (χ4v) is 5.28. The average molecular weight is 408 g/mol. The summed E-state index contributed by atoms with van der Waals surface area (Å²) in [6, 6.07) is 4.97. The molecule has 2 aromatic rings. The zero-order chi connectivity index (χ0) is 18.9. The van der Waals surface area contributed by atoms with Gasteiger partial charge in [0, 0.05) is 24.0 Å². The minimum atomic E-state index is -0.780. The van der Waals surface area contributed by atoms with Crippen molar-refractivity contribution in [2.45, 2.75) is 25.0 Å². The number of halogens is 3. The molecule has 1 aromatic carbocycles. The highest BCUT2D eigenvalue weighted by Crippen LogP contribution is 2.68. The van der Waals surface area contributed by atoms with Gasteiger partial charge in [-0.05, 0) is 41.5 Å². The van der Waals surface area contributed by atoms with Crippen molar-refractivity contribution in [3.63, 3.8) is 0 Å². The van der Waals surface area contributed by atoms with Crippen LogP contribution in [0.25, 0.3) is 0 Å². The lowest BCUT2D eigenvalue weighted by atomic mass is 9.75. The van der Waals surface area contributed by atoms with E-state index >= 15 is 0 Å². The quantitative estimate of drug-likeness (QED) is 0.782. The van der Waals surface area contributed by atoms with Crippen LogP contribution < -0.4 is 5.32 Å². The SMILES string of the molecule is CC1C2C1[C@@H]1O[C@H]2[C@H](C(=O)Nc2ccc(Cl)c(Cl)c2)[C@H]1c1cnc(F)nc1. The molecule has 1 aromatic heterocycles. The summed E-state index contributed by atoms with van der Waals surface area (Å²) in [5.74, 6) is 0.652. The molecule has 5 nitrogen and oxygen atoms in total. The van der Waals surface area contributed by atoms with E-state index in [0.29, 0.717) is 33.5 Å². The number of benzene rings is 1. The molecule has 3 aliphatic rings. The fourth-order valence-electron chi connectivity index (χ4n) is 4.99. The van der Waals surface area contributed by atoms with Gasteiger partial charge in [-0.1, -0.05) is 30.1 Å². The van der Waals surface area contributed by atoms with Gasteiger partial charge in [-0.2, -0.15) is 4.39 Å². The Kier molecular flexibility index (Phi) is 3.93. The highest BCUT2D eigenvalue weighted by Gasteiger charge is 2.72. The Morgan fingerprint density at radius 3 is 2.56 bits per heavy atom. The largest absolute Gasteiger partial charge is 0.373 e. The van der Waals surface area contributed by atoms with Crippen molar-refractivity contribution in [1.29, 1.82) is 0 Å². The van der Waals surface area contributed by atoms with E-state index in [1.54, 1.807) is 18.2 Å². The lowest BCUT2D eigenvalue weighted by molar-refractivity contribution is -0.122. The fraction of sp³-hybridized carbons (Fsp3) is 0.421. The molecule has 8 heteroatoms. The molecule has 1 saturated carbocycles. The molecule has 0 spiro atoms. The van der Waals surface area contributed by atoms with Crippen molar-refractivity contribution in [2.75, 3.05) is 5.32 Å². The molecular formula is C19H16Cl2FN3O2. The lowest BCUT2D eigenvalue weighted by Crippen LogP contribution is -2.37. The summed E-state index contributed by atoms with van der Waals surface area (Å²) in [6.45, 7) is 2.19. The highest BCUT2D eigenvalue weighted by molar-refractivity contribution is 6.42. The van der Waals surface area contributed by atoms with E-state index in [4.69, 9.17) is 27.9 Å². The molecule has 1 aliphatic carbocycles. The van der Waals surface area contributed by atoms with Crippen LogP contribution in [-0.2, 0) is 9.53 Å². The first-order valence-electron chi connectivity index (χ1n) is 8.84. The number of carbonyl (C=O) groups is 1. The molecule has 3 unspecified atom stereocenters. The van der Waals surface area contributed by atoms with Crippen LogP contribution in [0.2, 0.25) is 10.0 Å². The Bertz CT molecular complexity index is 926. The van der Waals surface area contributed by atoms with Gasteiger partial charge in [0.05, 0.1) is 28.2 Å². The zero-order valence-corrected chi connectivity index (χ0v) is 15.8. The van der Waals surface area contributed by atoms with Gasteiger partial charge >= 0.3 is 6.08 Å². The van der Waals surface area contributed by atoms with Crippen LogP contribution in [0.1, 0.15) is 18.4 Å². The van der Waals surface area contributed by atoms with Crippen molar-refractivity contribution in [3.05, 3.63) is 52.3 Å². The molecule has 27 heavy (non-hydrogen) atoms. The first-order valence-corrected chi connectivity index (χ1v) is 9.60. The molecule has 2 saturated heterocycles. The summed E-state index contributed by atoms with van der Waals surface area (Å²) in [5.41, 5.74) is 1.31.